The van der Waals surface area contributed by atoms with E-state index in [1.165, 1.54) is 7.11 Å². The normalized spacial score (nSPS) is 10.4. The lowest BCUT2D eigenvalue weighted by Gasteiger charge is -2.05. The molecule has 2 aromatic carbocycles. The Kier molecular flexibility index (Phi) is 3.66. The first-order valence-corrected chi connectivity index (χ1v) is 6.76. The fourth-order valence-corrected chi connectivity index (χ4v) is 2.30. The topological polar surface area (TPSA) is 56.3 Å². The zero-order chi connectivity index (χ0) is 15.5. The van der Waals surface area contributed by atoms with E-state index >= 15 is 0 Å². The van der Waals surface area contributed by atoms with Crippen molar-refractivity contribution in [2.75, 3.05) is 7.11 Å². The van der Waals surface area contributed by atoms with Gasteiger partial charge in [0.05, 0.1) is 12.7 Å². The summed E-state index contributed by atoms with van der Waals surface area (Å²) in [6.07, 6.45) is 3.18. The number of rotatable bonds is 3. The maximum Gasteiger partial charge on any atom is 0.337 e. The van der Waals surface area contributed by atoms with E-state index in [4.69, 9.17) is 4.74 Å². The Balaban J connectivity index is 2.00. The van der Waals surface area contributed by atoms with Crippen LogP contribution in [0.25, 0.3) is 10.8 Å². The largest absolute Gasteiger partial charge is 0.465 e. The summed E-state index contributed by atoms with van der Waals surface area (Å²) in [5.74, 6) is -0.454. The van der Waals surface area contributed by atoms with E-state index in [0.717, 1.165) is 10.8 Å². The lowest BCUT2D eigenvalue weighted by atomic mass is 10.00. The molecule has 3 aromatic rings. The maximum atomic E-state index is 12.4. The van der Waals surface area contributed by atoms with Gasteiger partial charge in [-0.2, -0.15) is 0 Å². The number of pyridine rings is 1. The molecule has 4 nitrogen and oxygen atoms in total. The number of carbonyl (C=O) groups is 2. The molecule has 0 bridgehead atoms. The fourth-order valence-electron chi connectivity index (χ4n) is 2.30. The lowest BCUT2D eigenvalue weighted by molar-refractivity contribution is 0.0601. The predicted octanol–water partition coefficient (Wildman–Crippen LogP) is 3.25. The van der Waals surface area contributed by atoms with E-state index < -0.39 is 0 Å². The highest BCUT2D eigenvalue weighted by molar-refractivity contribution is 6.10. The standard InChI is InChI=1S/C18H13NO3/c1-22-18(21)15-7-5-12-9-14(6-4-13(12)10-15)17(20)16-3-2-8-19-11-16/h2-11H,1H3. The molecule has 3 rings (SSSR count). The van der Waals surface area contributed by atoms with Crippen molar-refractivity contribution >= 4 is 22.5 Å². The molecule has 0 fully saturated rings. The smallest absolute Gasteiger partial charge is 0.337 e. The molecule has 0 saturated carbocycles. The Morgan fingerprint density at radius 3 is 2.23 bits per heavy atom. The van der Waals surface area contributed by atoms with Gasteiger partial charge in [-0.1, -0.05) is 18.2 Å². The number of esters is 1. The van der Waals surface area contributed by atoms with E-state index in [1.54, 1.807) is 42.7 Å². The Hall–Kier alpha value is -3.01. The van der Waals surface area contributed by atoms with E-state index in [-0.39, 0.29) is 11.8 Å². The molecule has 0 saturated heterocycles. The monoisotopic (exact) mass is 291 g/mol. The third-order valence-electron chi connectivity index (χ3n) is 3.45. The number of benzene rings is 2. The van der Waals surface area contributed by atoms with E-state index in [2.05, 4.69) is 4.98 Å². The summed E-state index contributed by atoms with van der Waals surface area (Å²) in [6, 6.07) is 14.1. The number of aromatic nitrogens is 1. The molecule has 0 atom stereocenters. The number of nitrogens with zero attached hydrogens (tertiary/aromatic N) is 1. The molecule has 0 radical (unpaired) electrons. The van der Waals surface area contributed by atoms with Gasteiger partial charge < -0.3 is 4.74 Å². The van der Waals surface area contributed by atoms with Gasteiger partial charge in [0.25, 0.3) is 0 Å². The van der Waals surface area contributed by atoms with Crippen LogP contribution in [0.3, 0.4) is 0 Å². The molecule has 1 aromatic heterocycles. The maximum absolute atomic E-state index is 12.4. The summed E-state index contributed by atoms with van der Waals surface area (Å²) in [5.41, 5.74) is 1.63. The van der Waals surface area contributed by atoms with Gasteiger partial charge in [0, 0.05) is 23.5 Å². The molecule has 0 spiro atoms. The van der Waals surface area contributed by atoms with Crippen molar-refractivity contribution in [3.05, 3.63) is 77.6 Å². The highest BCUT2D eigenvalue weighted by Gasteiger charge is 2.11. The summed E-state index contributed by atoms with van der Waals surface area (Å²) < 4.78 is 4.70. The van der Waals surface area contributed by atoms with Crippen molar-refractivity contribution in [2.45, 2.75) is 0 Å². The molecule has 0 unspecified atom stereocenters. The molecule has 0 N–H and O–H groups in total. The minimum absolute atomic E-state index is 0.0768. The first-order chi connectivity index (χ1) is 10.7. The molecular formula is C18H13NO3. The zero-order valence-electron chi connectivity index (χ0n) is 11.9. The number of hydrogen-bond acceptors (Lipinski definition) is 4. The number of ether oxygens (including phenoxy) is 1. The third kappa shape index (κ3) is 2.59. The third-order valence-corrected chi connectivity index (χ3v) is 3.45. The number of ketones is 1. The minimum Gasteiger partial charge on any atom is -0.465 e. The second-order valence-electron chi connectivity index (χ2n) is 4.84. The van der Waals surface area contributed by atoms with Crippen molar-refractivity contribution in [1.29, 1.82) is 0 Å². The lowest BCUT2D eigenvalue weighted by Crippen LogP contribution is -2.02. The SMILES string of the molecule is COC(=O)c1ccc2cc(C(=O)c3cccnc3)ccc2c1. The molecule has 0 amide bonds. The first-order valence-electron chi connectivity index (χ1n) is 6.76. The minimum atomic E-state index is -0.377. The second kappa shape index (κ2) is 5.77. The van der Waals surface area contributed by atoms with Crippen LogP contribution in [-0.4, -0.2) is 23.8 Å². The molecular weight excluding hydrogens is 278 g/mol. The van der Waals surface area contributed by atoms with Gasteiger partial charge >= 0.3 is 5.97 Å². The van der Waals surface area contributed by atoms with Crippen LogP contribution < -0.4 is 0 Å². The highest BCUT2D eigenvalue weighted by atomic mass is 16.5. The van der Waals surface area contributed by atoms with Crippen molar-refractivity contribution in [1.82, 2.24) is 4.98 Å². The van der Waals surface area contributed by atoms with E-state index in [0.29, 0.717) is 16.7 Å². The Morgan fingerprint density at radius 2 is 1.59 bits per heavy atom. The van der Waals surface area contributed by atoms with Gasteiger partial charge in [-0.15, -0.1) is 0 Å². The molecule has 108 valence electrons. The van der Waals surface area contributed by atoms with E-state index in [1.807, 2.05) is 18.2 Å². The molecule has 22 heavy (non-hydrogen) atoms. The Labute approximate surface area is 127 Å². The summed E-state index contributed by atoms with van der Waals surface area (Å²) in [4.78, 5) is 27.9. The summed E-state index contributed by atoms with van der Waals surface area (Å²) >= 11 is 0. The van der Waals surface area contributed by atoms with Gasteiger partial charge in [0.1, 0.15) is 0 Å². The van der Waals surface area contributed by atoms with Gasteiger partial charge in [0.15, 0.2) is 5.78 Å². The fraction of sp³-hybridized carbons (Fsp3) is 0.0556. The summed E-state index contributed by atoms with van der Waals surface area (Å²) in [6.45, 7) is 0. The molecule has 0 aliphatic heterocycles. The average molecular weight is 291 g/mol. The first kappa shape index (κ1) is 13.9. The van der Waals surface area contributed by atoms with Gasteiger partial charge in [0.2, 0.25) is 0 Å². The summed E-state index contributed by atoms with van der Waals surface area (Å²) in [7, 11) is 1.35. The molecule has 1 heterocycles. The van der Waals surface area contributed by atoms with Crippen LogP contribution >= 0.6 is 0 Å². The van der Waals surface area contributed by atoms with E-state index in [9.17, 15) is 9.59 Å². The number of hydrogen-bond donors (Lipinski definition) is 0. The van der Waals surface area contributed by atoms with Crippen LogP contribution in [0.4, 0.5) is 0 Å². The molecule has 0 aliphatic carbocycles. The number of carbonyl (C=O) groups excluding carboxylic acids is 2. The Morgan fingerprint density at radius 1 is 0.909 bits per heavy atom. The quantitative estimate of drug-likeness (QED) is 0.549. The average Bonchev–Trinajstić information content (AvgIpc) is 2.60. The number of fused-ring (bicyclic) bond motifs is 1. The van der Waals surface area contributed by atoms with Crippen LogP contribution in [0.5, 0.6) is 0 Å². The summed E-state index contributed by atoms with van der Waals surface area (Å²) in [5, 5.41) is 1.77. The van der Waals surface area contributed by atoms with Gasteiger partial charge in [-0.25, -0.2) is 4.79 Å². The van der Waals surface area contributed by atoms with Gasteiger partial charge in [-0.05, 0) is 41.1 Å². The van der Waals surface area contributed by atoms with Crippen molar-refractivity contribution in [3.63, 3.8) is 0 Å². The van der Waals surface area contributed by atoms with Crippen LogP contribution in [0, 0.1) is 0 Å². The van der Waals surface area contributed by atoms with Crippen molar-refractivity contribution < 1.29 is 14.3 Å². The molecule has 0 aliphatic rings. The van der Waals surface area contributed by atoms with Crippen LogP contribution in [0.1, 0.15) is 26.3 Å². The van der Waals surface area contributed by atoms with Crippen LogP contribution in [-0.2, 0) is 4.74 Å². The Bertz CT molecular complexity index is 857. The van der Waals surface area contributed by atoms with Crippen LogP contribution in [0.2, 0.25) is 0 Å². The van der Waals surface area contributed by atoms with Crippen molar-refractivity contribution in [3.8, 4) is 0 Å². The highest BCUT2D eigenvalue weighted by Crippen LogP contribution is 2.20. The second-order valence-corrected chi connectivity index (χ2v) is 4.84. The van der Waals surface area contributed by atoms with Crippen molar-refractivity contribution in [2.24, 2.45) is 0 Å². The molecule has 4 heteroatoms. The zero-order valence-corrected chi connectivity index (χ0v) is 11.9. The van der Waals surface area contributed by atoms with Gasteiger partial charge in [-0.3, -0.25) is 9.78 Å². The predicted molar refractivity (Wildman–Crippen MR) is 83.0 cm³/mol. The number of methoxy groups -OCH3 is 1. The van der Waals surface area contributed by atoms with Crippen LogP contribution in [0.15, 0.2) is 60.9 Å².